The highest BCUT2D eigenvalue weighted by Crippen LogP contribution is 2.41. The van der Waals surface area contributed by atoms with Gasteiger partial charge in [0.25, 0.3) is 0 Å². The largest absolute Gasteiger partial charge is 0.376 e. The number of rotatable bonds is 7. The van der Waals surface area contributed by atoms with Gasteiger partial charge in [-0.3, -0.25) is 4.90 Å². The van der Waals surface area contributed by atoms with Crippen LogP contribution in [0, 0.1) is 5.92 Å². The highest BCUT2D eigenvalue weighted by Gasteiger charge is 2.30. The van der Waals surface area contributed by atoms with Crippen molar-refractivity contribution in [2.45, 2.75) is 44.8 Å². The molecule has 2 aromatic carbocycles. The quantitative estimate of drug-likeness (QED) is 0.706. The van der Waals surface area contributed by atoms with E-state index in [1.807, 2.05) is 0 Å². The van der Waals surface area contributed by atoms with Gasteiger partial charge in [-0.05, 0) is 67.3 Å². The molecule has 1 aliphatic carbocycles. The fourth-order valence-electron chi connectivity index (χ4n) is 4.16. The van der Waals surface area contributed by atoms with E-state index in [1.54, 1.807) is 0 Å². The van der Waals surface area contributed by atoms with E-state index in [2.05, 4.69) is 59.5 Å². The van der Waals surface area contributed by atoms with E-state index in [9.17, 15) is 0 Å². The molecular weight excluding hydrogens is 306 g/mol. The zero-order chi connectivity index (χ0) is 16.9. The van der Waals surface area contributed by atoms with Gasteiger partial charge in [-0.15, -0.1) is 0 Å². The second-order valence-electron chi connectivity index (χ2n) is 7.76. The average molecular weight is 335 g/mol. The molecule has 2 nitrogen and oxygen atoms in total. The summed E-state index contributed by atoms with van der Waals surface area (Å²) in [5.41, 5.74) is 4.25. The molecular formula is C23H29NO. The lowest BCUT2D eigenvalue weighted by Gasteiger charge is -2.35. The number of likely N-dealkylation sites (tertiary alicyclic amines) is 1. The second kappa shape index (κ2) is 8.16. The number of hydrogen-bond acceptors (Lipinski definition) is 2. The summed E-state index contributed by atoms with van der Waals surface area (Å²) in [7, 11) is 0. The first-order chi connectivity index (χ1) is 12.4. The van der Waals surface area contributed by atoms with Gasteiger partial charge in [0.15, 0.2) is 0 Å². The van der Waals surface area contributed by atoms with Crippen LogP contribution in [0.1, 0.15) is 48.3 Å². The molecule has 2 fully saturated rings. The van der Waals surface area contributed by atoms with Gasteiger partial charge in [-0.1, -0.05) is 54.6 Å². The molecule has 1 aliphatic heterocycles. The molecule has 0 N–H and O–H groups in total. The topological polar surface area (TPSA) is 12.5 Å². The Morgan fingerprint density at radius 3 is 2.28 bits per heavy atom. The lowest BCUT2D eigenvalue weighted by molar-refractivity contribution is 0.0508. The third-order valence-electron chi connectivity index (χ3n) is 5.76. The van der Waals surface area contributed by atoms with E-state index in [1.165, 1.54) is 55.5 Å². The predicted molar refractivity (Wildman–Crippen MR) is 103 cm³/mol. The maximum Gasteiger partial charge on any atom is 0.0717 e. The number of ether oxygens (including phenoxy) is 1. The van der Waals surface area contributed by atoms with Crippen molar-refractivity contribution in [1.82, 2.24) is 4.90 Å². The van der Waals surface area contributed by atoms with Crippen LogP contribution < -0.4 is 0 Å². The van der Waals surface area contributed by atoms with Gasteiger partial charge in [0, 0.05) is 13.2 Å². The van der Waals surface area contributed by atoms with Crippen LogP contribution in [0.5, 0.6) is 0 Å². The Morgan fingerprint density at radius 1 is 0.840 bits per heavy atom. The molecule has 1 saturated heterocycles. The Morgan fingerprint density at radius 2 is 1.56 bits per heavy atom. The summed E-state index contributed by atoms with van der Waals surface area (Å²) in [4.78, 5) is 2.57. The molecule has 0 aromatic heterocycles. The summed E-state index contributed by atoms with van der Waals surface area (Å²) in [5, 5.41) is 0. The van der Waals surface area contributed by atoms with Crippen molar-refractivity contribution < 1.29 is 4.74 Å². The smallest absolute Gasteiger partial charge is 0.0717 e. The van der Waals surface area contributed by atoms with Gasteiger partial charge in [0.1, 0.15) is 0 Å². The molecule has 25 heavy (non-hydrogen) atoms. The number of hydrogen-bond donors (Lipinski definition) is 0. The fourth-order valence-corrected chi connectivity index (χ4v) is 4.16. The normalized spacial score (nSPS) is 23.5. The van der Waals surface area contributed by atoms with Gasteiger partial charge >= 0.3 is 0 Å². The van der Waals surface area contributed by atoms with E-state index in [4.69, 9.17) is 4.74 Å². The van der Waals surface area contributed by atoms with Crippen LogP contribution in [-0.2, 0) is 17.9 Å². The first-order valence-electron chi connectivity index (χ1n) is 9.80. The lowest BCUT2D eigenvalue weighted by Crippen LogP contribution is -2.26. The molecule has 4 rings (SSSR count). The Hall–Kier alpha value is -1.64. The van der Waals surface area contributed by atoms with Crippen LogP contribution in [-0.4, -0.2) is 24.6 Å². The summed E-state index contributed by atoms with van der Waals surface area (Å²) in [6.07, 6.45) is 5.29. The van der Waals surface area contributed by atoms with Crippen LogP contribution in [0.2, 0.25) is 0 Å². The number of nitrogens with zero attached hydrogens (tertiary/aromatic N) is 1. The van der Waals surface area contributed by atoms with Crippen LogP contribution in [0.4, 0.5) is 0 Å². The van der Waals surface area contributed by atoms with Crippen molar-refractivity contribution in [1.29, 1.82) is 0 Å². The third-order valence-corrected chi connectivity index (χ3v) is 5.76. The molecule has 0 radical (unpaired) electrons. The minimum atomic E-state index is 0.734. The molecule has 2 heteroatoms. The molecule has 132 valence electrons. The van der Waals surface area contributed by atoms with Gasteiger partial charge in [-0.2, -0.15) is 0 Å². The zero-order valence-corrected chi connectivity index (χ0v) is 15.1. The standard InChI is InChI=1S/C23H29NO/c1-2-6-20(7-3-1)17-25-18-21-14-23(15-21)22-10-8-19(9-11-22)16-24-12-4-5-13-24/h1-3,6-11,21,23H,4-5,12-18H2. The van der Waals surface area contributed by atoms with Crippen molar-refractivity contribution in [3.8, 4) is 0 Å². The van der Waals surface area contributed by atoms with E-state index >= 15 is 0 Å². The summed E-state index contributed by atoms with van der Waals surface area (Å²) in [5.74, 6) is 1.48. The minimum absolute atomic E-state index is 0.734. The fraction of sp³-hybridized carbons (Fsp3) is 0.478. The zero-order valence-electron chi connectivity index (χ0n) is 15.1. The van der Waals surface area contributed by atoms with Crippen molar-refractivity contribution in [3.63, 3.8) is 0 Å². The van der Waals surface area contributed by atoms with Crippen LogP contribution in [0.3, 0.4) is 0 Å². The van der Waals surface area contributed by atoms with Crippen molar-refractivity contribution in [2.75, 3.05) is 19.7 Å². The Bertz CT molecular complexity index is 640. The Kier molecular flexibility index (Phi) is 5.49. The van der Waals surface area contributed by atoms with E-state index in [-0.39, 0.29) is 0 Å². The minimum Gasteiger partial charge on any atom is -0.376 e. The molecule has 0 atom stereocenters. The average Bonchev–Trinajstić information content (AvgIpc) is 3.12. The van der Waals surface area contributed by atoms with Crippen LogP contribution in [0.25, 0.3) is 0 Å². The maximum atomic E-state index is 5.90. The molecule has 0 spiro atoms. The molecule has 1 heterocycles. The molecule has 0 bridgehead atoms. The SMILES string of the molecule is c1ccc(COCC2CC(c3ccc(CN4CCCC4)cc3)C2)cc1. The summed E-state index contributed by atoms with van der Waals surface area (Å²) < 4.78 is 5.90. The maximum absolute atomic E-state index is 5.90. The van der Waals surface area contributed by atoms with E-state index in [0.717, 1.165) is 31.6 Å². The highest BCUT2D eigenvalue weighted by atomic mass is 16.5. The highest BCUT2D eigenvalue weighted by molar-refractivity contribution is 5.27. The van der Waals surface area contributed by atoms with Gasteiger partial charge in [0.2, 0.25) is 0 Å². The van der Waals surface area contributed by atoms with Gasteiger partial charge < -0.3 is 4.74 Å². The van der Waals surface area contributed by atoms with E-state index < -0.39 is 0 Å². The molecule has 0 unspecified atom stereocenters. The van der Waals surface area contributed by atoms with E-state index in [0.29, 0.717) is 0 Å². The third kappa shape index (κ3) is 4.50. The first-order valence-corrected chi connectivity index (χ1v) is 9.80. The lowest BCUT2D eigenvalue weighted by atomic mass is 9.72. The molecule has 0 amide bonds. The van der Waals surface area contributed by atoms with Crippen molar-refractivity contribution in [2.24, 2.45) is 5.92 Å². The Balaban J connectivity index is 1.18. The Labute approximate surface area is 151 Å². The molecule has 2 aromatic rings. The van der Waals surface area contributed by atoms with Crippen molar-refractivity contribution >= 4 is 0 Å². The number of benzene rings is 2. The van der Waals surface area contributed by atoms with Crippen molar-refractivity contribution in [3.05, 3.63) is 71.3 Å². The second-order valence-corrected chi connectivity index (χ2v) is 7.76. The summed E-state index contributed by atoms with van der Waals surface area (Å²) in [6, 6.07) is 19.9. The molecule has 2 aliphatic rings. The first kappa shape index (κ1) is 16.8. The van der Waals surface area contributed by atoms with Crippen LogP contribution >= 0.6 is 0 Å². The van der Waals surface area contributed by atoms with Gasteiger partial charge in [-0.25, -0.2) is 0 Å². The van der Waals surface area contributed by atoms with Crippen LogP contribution in [0.15, 0.2) is 54.6 Å². The molecule has 1 saturated carbocycles. The summed E-state index contributed by atoms with van der Waals surface area (Å²) in [6.45, 7) is 5.32. The predicted octanol–water partition coefficient (Wildman–Crippen LogP) is 4.99. The van der Waals surface area contributed by atoms with Gasteiger partial charge in [0.05, 0.1) is 6.61 Å². The monoisotopic (exact) mass is 335 g/mol. The summed E-state index contributed by atoms with van der Waals surface area (Å²) >= 11 is 0.